The van der Waals surface area contributed by atoms with E-state index in [0.717, 1.165) is 17.8 Å². The highest BCUT2D eigenvalue weighted by Gasteiger charge is 2.32. The molecule has 0 saturated carbocycles. The van der Waals surface area contributed by atoms with Gasteiger partial charge in [-0.05, 0) is 30.7 Å². The Hall–Kier alpha value is -1.82. The summed E-state index contributed by atoms with van der Waals surface area (Å²) in [7, 11) is 1.63. The molecule has 28 heavy (non-hydrogen) atoms. The molecule has 0 spiro atoms. The molecular weight excluding hydrogens is 508 g/mol. The van der Waals surface area contributed by atoms with Gasteiger partial charge in [0.25, 0.3) is 0 Å². The minimum absolute atomic E-state index is 0. The van der Waals surface area contributed by atoms with Crippen molar-refractivity contribution in [3.8, 4) is 0 Å². The molecule has 1 aromatic heterocycles. The van der Waals surface area contributed by atoms with E-state index >= 15 is 0 Å². The number of aromatic nitrogens is 2. The van der Waals surface area contributed by atoms with Crippen molar-refractivity contribution in [1.82, 2.24) is 20.6 Å². The van der Waals surface area contributed by atoms with Crippen LogP contribution in [-0.4, -0.2) is 36.1 Å². The number of hydrogen-bond acceptors (Lipinski definition) is 4. The SMILES string of the molecule is CN=C(NCCNc1nccc(C(F)(F)F)n1)NC(C)c1ccc(Cl)cc1.I. The Bertz CT molecular complexity index is 770. The summed E-state index contributed by atoms with van der Waals surface area (Å²) in [5, 5.41) is 9.70. The smallest absolute Gasteiger partial charge is 0.355 e. The van der Waals surface area contributed by atoms with Crippen LogP contribution in [0.1, 0.15) is 24.2 Å². The van der Waals surface area contributed by atoms with E-state index in [2.05, 4.69) is 30.9 Å². The molecule has 1 unspecified atom stereocenters. The van der Waals surface area contributed by atoms with Crippen LogP contribution in [0.15, 0.2) is 41.5 Å². The number of nitrogens with one attached hydrogen (secondary N) is 3. The van der Waals surface area contributed by atoms with Gasteiger partial charge in [0.15, 0.2) is 5.96 Å². The van der Waals surface area contributed by atoms with E-state index in [4.69, 9.17) is 11.6 Å². The summed E-state index contributed by atoms with van der Waals surface area (Å²) in [6.07, 6.45) is -3.43. The van der Waals surface area contributed by atoms with Gasteiger partial charge in [0.2, 0.25) is 5.95 Å². The first-order chi connectivity index (χ1) is 12.8. The van der Waals surface area contributed by atoms with E-state index < -0.39 is 11.9 Å². The Kier molecular flexibility index (Phi) is 9.73. The Morgan fingerprint density at radius 3 is 2.46 bits per heavy atom. The van der Waals surface area contributed by atoms with Crippen molar-refractivity contribution in [2.24, 2.45) is 4.99 Å². The Balaban J connectivity index is 0.00000392. The van der Waals surface area contributed by atoms with E-state index in [9.17, 15) is 13.2 Å². The van der Waals surface area contributed by atoms with Crippen LogP contribution < -0.4 is 16.0 Å². The topological polar surface area (TPSA) is 74.2 Å². The van der Waals surface area contributed by atoms with Gasteiger partial charge in [0, 0.05) is 31.4 Å². The lowest BCUT2D eigenvalue weighted by Crippen LogP contribution is -2.40. The highest BCUT2D eigenvalue weighted by molar-refractivity contribution is 14.0. The number of aliphatic imine (C=N–C) groups is 1. The van der Waals surface area contributed by atoms with Gasteiger partial charge in [0.1, 0.15) is 5.69 Å². The molecule has 1 aromatic carbocycles. The van der Waals surface area contributed by atoms with Crippen LogP contribution in [0.3, 0.4) is 0 Å². The fourth-order valence-electron chi connectivity index (χ4n) is 2.19. The fourth-order valence-corrected chi connectivity index (χ4v) is 2.32. The Labute approximate surface area is 183 Å². The number of nitrogens with zero attached hydrogens (tertiary/aromatic N) is 3. The van der Waals surface area contributed by atoms with Gasteiger partial charge < -0.3 is 16.0 Å². The lowest BCUT2D eigenvalue weighted by atomic mass is 10.1. The molecule has 0 aliphatic carbocycles. The molecule has 2 rings (SSSR count). The third-order valence-corrected chi connectivity index (χ3v) is 3.85. The molecule has 0 bridgehead atoms. The van der Waals surface area contributed by atoms with Crippen molar-refractivity contribution in [1.29, 1.82) is 0 Å². The van der Waals surface area contributed by atoms with Crippen LogP contribution in [0, 0.1) is 0 Å². The molecule has 11 heteroatoms. The standard InChI is InChI=1S/C17H20ClF3N6.HI/c1-11(12-3-5-13(18)6-4-12)26-15(22-2)24-9-10-25-16-23-8-7-14(27-16)17(19,20)21;/h3-8,11H,9-10H2,1-2H3,(H2,22,24,26)(H,23,25,27);1H. The minimum Gasteiger partial charge on any atom is -0.355 e. The predicted molar refractivity (Wildman–Crippen MR) is 115 cm³/mol. The molecule has 0 aliphatic heterocycles. The zero-order valence-electron chi connectivity index (χ0n) is 15.2. The van der Waals surface area contributed by atoms with E-state index in [1.807, 2.05) is 31.2 Å². The highest BCUT2D eigenvalue weighted by Crippen LogP contribution is 2.27. The lowest BCUT2D eigenvalue weighted by molar-refractivity contribution is -0.141. The van der Waals surface area contributed by atoms with Crippen LogP contribution in [-0.2, 0) is 6.18 Å². The van der Waals surface area contributed by atoms with Gasteiger partial charge in [-0.2, -0.15) is 13.2 Å². The first-order valence-electron chi connectivity index (χ1n) is 8.16. The monoisotopic (exact) mass is 528 g/mol. The largest absolute Gasteiger partial charge is 0.433 e. The van der Waals surface area contributed by atoms with Crippen LogP contribution in [0.4, 0.5) is 19.1 Å². The summed E-state index contributed by atoms with van der Waals surface area (Å²) in [4.78, 5) is 11.3. The van der Waals surface area contributed by atoms with Crippen LogP contribution >= 0.6 is 35.6 Å². The molecule has 0 fully saturated rings. The van der Waals surface area contributed by atoms with E-state index in [-0.39, 0.29) is 36.0 Å². The van der Waals surface area contributed by atoms with Crippen molar-refractivity contribution in [2.45, 2.75) is 19.1 Å². The average Bonchev–Trinajstić information content (AvgIpc) is 2.64. The molecule has 3 N–H and O–H groups in total. The molecule has 0 radical (unpaired) electrons. The van der Waals surface area contributed by atoms with Gasteiger partial charge in [-0.1, -0.05) is 23.7 Å². The second-order valence-electron chi connectivity index (χ2n) is 5.61. The molecule has 0 saturated heterocycles. The zero-order chi connectivity index (χ0) is 19.9. The minimum atomic E-state index is -4.50. The predicted octanol–water partition coefficient (Wildman–Crippen LogP) is 4.10. The van der Waals surface area contributed by atoms with Gasteiger partial charge >= 0.3 is 6.18 Å². The second-order valence-corrected chi connectivity index (χ2v) is 6.04. The number of halogens is 5. The maximum atomic E-state index is 12.6. The molecular formula is C17H21ClF3IN6. The second kappa shape index (κ2) is 11.2. The quantitative estimate of drug-likeness (QED) is 0.228. The molecule has 2 aromatic rings. The maximum Gasteiger partial charge on any atom is 0.433 e. The summed E-state index contributed by atoms with van der Waals surface area (Å²) in [6, 6.07) is 8.27. The Morgan fingerprint density at radius 1 is 1.18 bits per heavy atom. The van der Waals surface area contributed by atoms with E-state index in [1.165, 1.54) is 0 Å². The maximum absolute atomic E-state index is 12.6. The third-order valence-electron chi connectivity index (χ3n) is 3.59. The fraction of sp³-hybridized carbons (Fsp3) is 0.353. The van der Waals surface area contributed by atoms with Crippen molar-refractivity contribution in [3.05, 3.63) is 52.8 Å². The number of hydrogen-bond donors (Lipinski definition) is 3. The van der Waals surface area contributed by atoms with Gasteiger partial charge in [-0.25, -0.2) is 9.97 Å². The summed E-state index contributed by atoms with van der Waals surface area (Å²) >= 11 is 5.88. The first kappa shape index (κ1) is 24.2. The van der Waals surface area contributed by atoms with Crippen LogP contribution in [0.5, 0.6) is 0 Å². The van der Waals surface area contributed by atoms with E-state index in [1.54, 1.807) is 7.05 Å². The number of anilines is 1. The van der Waals surface area contributed by atoms with Gasteiger partial charge in [0.05, 0.1) is 6.04 Å². The molecule has 154 valence electrons. The molecule has 6 nitrogen and oxygen atoms in total. The van der Waals surface area contributed by atoms with E-state index in [0.29, 0.717) is 24.1 Å². The molecule has 1 heterocycles. The number of benzene rings is 1. The summed E-state index contributed by atoms with van der Waals surface area (Å²) < 4.78 is 37.9. The molecule has 0 aliphatic rings. The Morgan fingerprint density at radius 2 is 1.86 bits per heavy atom. The number of guanidine groups is 1. The molecule has 1 atom stereocenters. The van der Waals surface area contributed by atoms with Crippen molar-refractivity contribution in [2.75, 3.05) is 25.5 Å². The van der Waals surface area contributed by atoms with Gasteiger partial charge in [-0.15, -0.1) is 24.0 Å². The summed E-state index contributed by atoms with van der Waals surface area (Å²) in [5.41, 5.74) is 0.0556. The third kappa shape index (κ3) is 7.66. The normalized spacial score (nSPS) is 12.7. The van der Waals surface area contributed by atoms with Crippen molar-refractivity contribution >= 4 is 47.5 Å². The summed E-state index contributed by atoms with van der Waals surface area (Å²) in [5.74, 6) is 0.480. The summed E-state index contributed by atoms with van der Waals surface area (Å²) in [6.45, 7) is 2.70. The zero-order valence-corrected chi connectivity index (χ0v) is 18.3. The van der Waals surface area contributed by atoms with Crippen molar-refractivity contribution < 1.29 is 13.2 Å². The molecule has 0 amide bonds. The van der Waals surface area contributed by atoms with Crippen LogP contribution in [0.2, 0.25) is 5.02 Å². The van der Waals surface area contributed by atoms with Crippen molar-refractivity contribution in [3.63, 3.8) is 0 Å². The lowest BCUT2D eigenvalue weighted by Gasteiger charge is -2.18. The number of alkyl halides is 3. The average molecular weight is 529 g/mol. The van der Waals surface area contributed by atoms with Gasteiger partial charge in [-0.3, -0.25) is 4.99 Å². The first-order valence-corrected chi connectivity index (χ1v) is 8.54. The van der Waals surface area contributed by atoms with Crippen LogP contribution in [0.25, 0.3) is 0 Å². The highest BCUT2D eigenvalue weighted by atomic mass is 127. The number of rotatable bonds is 6.